The number of hydrogen-bond donors (Lipinski definition) is 3. The summed E-state index contributed by atoms with van der Waals surface area (Å²) in [4.78, 5) is 25.6. The van der Waals surface area contributed by atoms with E-state index in [1.54, 1.807) is 6.20 Å². The number of thiophene rings is 1. The Labute approximate surface area is 165 Å². The molecule has 0 bridgehead atoms. The number of halogens is 1. The Morgan fingerprint density at radius 3 is 2.96 bits per heavy atom. The van der Waals surface area contributed by atoms with Crippen LogP contribution in [0.1, 0.15) is 48.3 Å². The van der Waals surface area contributed by atoms with Gasteiger partial charge in [0.05, 0.1) is 28.6 Å². The SMILES string of the molecule is CC(Nc1nc(C(=O)N[C@@H]2CC[C@@H](O)C2)c2sccc2n1)c1cncc(F)c1. The second-order valence-corrected chi connectivity index (χ2v) is 7.89. The van der Waals surface area contributed by atoms with Crippen LogP contribution >= 0.6 is 11.3 Å². The lowest BCUT2D eigenvalue weighted by Crippen LogP contribution is -2.34. The number of aliphatic hydroxyl groups excluding tert-OH is 1. The first-order valence-corrected chi connectivity index (χ1v) is 9.98. The van der Waals surface area contributed by atoms with Crippen LogP contribution in [0.5, 0.6) is 0 Å². The normalized spacial score (nSPS) is 20.2. The summed E-state index contributed by atoms with van der Waals surface area (Å²) >= 11 is 1.40. The summed E-state index contributed by atoms with van der Waals surface area (Å²) in [6.45, 7) is 1.84. The van der Waals surface area contributed by atoms with Crippen molar-refractivity contribution in [3.8, 4) is 0 Å². The quantitative estimate of drug-likeness (QED) is 0.608. The number of aromatic nitrogens is 3. The number of nitrogens with zero attached hydrogens (tertiary/aromatic N) is 3. The van der Waals surface area contributed by atoms with E-state index in [0.29, 0.717) is 40.3 Å². The van der Waals surface area contributed by atoms with Gasteiger partial charge < -0.3 is 15.7 Å². The van der Waals surface area contributed by atoms with Gasteiger partial charge in [-0.2, -0.15) is 0 Å². The molecule has 1 aliphatic carbocycles. The molecule has 1 unspecified atom stereocenters. The molecule has 3 atom stereocenters. The molecule has 3 heterocycles. The highest BCUT2D eigenvalue weighted by Crippen LogP contribution is 2.26. The number of carbonyl (C=O) groups is 1. The standard InChI is InChI=1S/C19H20FN5O2S/c1-10(11-6-12(20)9-21-8-11)22-19-24-15-4-5-28-17(15)16(25-19)18(27)23-13-2-3-14(26)7-13/h4-6,8-10,13-14,26H,2-3,7H2,1H3,(H,23,27)(H,22,24,25)/t10?,13-,14-/m1/s1. The molecule has 4 rings (SSSR count). The van der Waals surface area contributed by atoms with E-state index in [9.17, 15) is 14.3 Å². The summed E-state index contributed by atoms with van der Waals surface area (Å²) in [5.74, 6) is -0.407. The molecule has 0 aromatic carbocycles. The number of rotatable bonds is 5. The van der Waals surface area contributed by atoms with Crippen LogP contribution in [0, 0.1) is 5.82 Å². The van der Waals surface area contributed by atoms with Crippen LogP contribution in [0.3, 0.4) is 0 Å². The molecule has 0 radical (unpaired) electrons. The zero-order valence-corrected chi connectivity index (χ0v) is 16.0. The van der Waals surface area contributed by atoms with Gasteiger partial charge in [-0.3, -0.25) is 9.78 Å². The van der Waals surface area contributed by atoms with E-state index in [-0.39, 0.29) is 24.1 Å². The fraction of sp³-hybridized carbons (Fsp3) is 0.368. The van der Waals surface area contributed by atoms with Crippen LogP contribution in [-0.4, -0.2) is 38.1 Å². The van der Waals surface area contributed by atoms with E-state index < -0.39 is 5.82 Å². The molecule has 0 saturated heterocycles. The Bertz CT molecular complexity index is 1010. The first-order valence-electron chi connectivity index (χ1n) is 9.11. The molecular formula is C19H20FN5O2S. The molecule has 146 valence electrons. The zero-order valence-electron chi connectivity index (χ0n) is 15.2. The van der Waals surface area contributed by atoms with Crippen LogP contribution in [0.25, 0.3) is 10.2 Å². The van der Waals surface area contributed by atoms with E-state index in [1.165, 1.54) is 17.4 Å². The smallest absolute Gasteiger partial charge is 0.271 e. The highest BCUT2D eigenvalue weighted by Gasteiger charge is 2.26. The minimum Gasteiger partial charge on any atom is -0.393 e. The highest BCUT2D eigenvalue weighted by atomic mass is 32.1. The Kier molecular flexibility index (Phi) is 5.19. The van der Waals surface area contributed by atoms with Crippen molar-refractivity contribution in [2.45, 2.75) is 44.4 Å². The fourth-order valence-corrected chi connectivity index (χ4v) is 4.18. The van der Waals surface area contributed by atoms with Crippen molar-refractivity contribution < 1.29 is 14.3 Å². The number of pyridine rings is 1. The number of amides is 1. The molecule has 1 aliphatic rings. The first kappa shape index (κ1) is 18.7. The monoisotopic (exact) mass is 401 g/mol. The summed E-state index contributed by atoms with van der Waals surface area (Å²) < 4.78 is 14.1. The molecule has 0 spiro atoms. The molecule has 1 fully saturated rings. The van der Waals surface area contributed by atoms with Gasteiger partial charge in [0, 0.05) is 12.2 Å². The predicted molar refractivity (Wildman–Crippen MR) is 105 cm³/mol. The summed E-state index contributed by atoms with van der Waals surface area (Å²) in [7, 11) is 0. The van der Waals surface area contributed by atoms with E-state index in [1.807, 2.05) is 18.4 Å². The molecule has 1 amide bonds. The summed E-state index contributed by atoms with van der Waals surface area (Å²) in [6, 6.07) is 2.88. The third kappa shape index (κ3) is 3.95. The van der Waals surface area contributed by atoms with Gasteiger partial charge in [0.25, 0.3) is 5.91 Å². The number of nitrogens with one attached hydrogen (secondary N) is 2. The summed E-state index contributed by atoms with van der Waals surface area (Å²) in [6.07, 6.45) is 4.35. The van der Waals surface area contributed by atoms with Crippen molar-refractivity contribution in [1.82, 2.24) is 20.3 Å². The lowest BCUT2D eigenvalue weighted by molar-refractivity contribution is 0.0931. The first-order chi connectivity index (χ1) is 13.5. The van der Waals surface area contributed by atoms with E-state index in [2.05, 4.69) is 25.6 Å². The molecule has 3 aromatic heterocycles. The molecule has 9 heteroatoms. The molecular weight excluding hydrogens is 381 g/mol. The van der Waals surface area contributed by atoms with E-state index in [0.717, 1.165) is 12.6 Å². The third-order valence-corrected chi connectivity index (χ3v) is 5.74. The zero-order chi connectivity index (χ0) is 19.7. The van der Waals surface area contributed by atoms with Crippen LogP contribution in [-0.2, 0) is 0 Å². The highest BCUT2D eigenvalue weighted by molar-refractivity contribution is 7.17. The van der Waals surface area contributed by atoms with Crippen LogP contribution in [0.15, 0.2) is 29.9 Å². The average molecular weight is 401 g/mol. The number of hydrogen-bond acceptors (Lipinski definition) is 7. The second-order valence-electron chi connectivity index (χ2n) is 6.97. The maximum absolute atomic E-state index is 13.4. The van der Waals surface area contributed by atoms with Crippen molar-refractivity contribution in [2.75, 3.05) is 5.32 Å². The number of aliphatic hydroxyl groups is 1. The Morgan fingerprint density at radius 1 is 1.36 bits per heavy atom. The van der Waals surface area contributed by atoms with Crippen molar-refractivity contribution in [2.24, 2.45) is 0 Å². The molecule has 0 aliphatic heterocycles. The van der Waals surface area contributed by atoms with Crippen molar-refractivity contribution in [3.63, 3.8) is 0 Å². The predicted octanol–water partition coefficient (Wildman–Crippen LogP) is 3.04. The minimum atomic E-state index is -0.417. The fourth-order valence-electron chi connectivity index (χ4n) is 3.37. The Hall–Kier alpha value is -2.65. The minimum absolute atomic E-state index is 0.0545. The maximum atomic E-state index is 13.4. The van der Waals surface area contributed by atoms with Crippen molar-refractivity contribution in [1.29, 1.82) is 0 Å². The third-order valence-electron chi connectivity index (χ3n) is 4.83. The molecule has 1 saturated carbocycles. The number of fused-ring (bicyclic) bond motifs is 1. The molecule has 7 nitrogen and oxygen atoms in total. The lowest BCUT2D eigenvalue weighted by atomic mass is 10.1. The van der Waals surface area contributed by atoms with Gasteiger partial charge in [0.15, 0.2) is 5.69 Å². The van der Waals surface area contributed by atoms with Crippen LogP contribution < -0.4 is 10.6 Å². The van der Waals surface area contributed by atoms with Crippen molar-refractivity contribution in [3.05, 3.63) is 47.0 Å². The van der Waals surface area contributed by atoms with Crippen LogP contribution in [0.2, 0.25) is 0 Å². The number of carbonyl (C=O) groups excluding carboxylic acids is 1. The van der Waals surface area contributed by atoms with Crippen molar-refractivity contribution >= 4 is 33.4 Å². The number of anilines is 1. The topological polar surface area (TPSA) is 100 Å². The Balaban J connectivity index is 1.59. The van der Waals surface area contributed by atoms with Gasteiger partial charge in [0.1, 0.15) is 5.82 Å². The second kappa shape index (κ2) is 7.76. The van der Waals surface area contributed by atoms with Gasteiger partial charge in [-0.05, 0) is 49.3 Å². The molecule has 3 aromatic rings. The van der Waals surface area contributed by atoms with Gasteiger partial charge in [-0.25, -0.2) is 14.4 Å². The van der Waals surface area contributed by atoms with Gasteiger partial charge in [-0.1, -0.05) is 0 Å². The average Bonchev–Trinajstić information content (AvgIpc) is 3.29. The Morgan fingerprint density at radius 2 is 2.21 bits per heavy atom. The van der Waals surface area contributed by atoms with Gasteiger partial charge in [-0.15, -0.1) is 11.3 Å². The maximum Gasteiger partial charge on any atom is 0.271 e. The molecule has 28 heavy (non-hydrogen) atoms. The summed E-state index contributed by atoms with van der Waals surface area (Å²) in [5, 5.41) is 17.6. The van der Waals surface area contributed by atoms with Gasteiger partial charge >= 0.3 is 0 Å². The molecule has 3 N–H and O–H groups in total. The van der Waals surface area contributed by atoms with E-state index in [4.69, 9.17) is 0 Å². The lowest BCUT2D eigenvalue weighted by Gasteiger charge is -2.16. The van der Waals surface area contributed by atoms with Crippen LogP contribution in [0.4, 0.5) is 10.3 Å². The largest absolute Gasteiger partial charge is 0.393 e. The summed E-state index contributed by atoms with van der Waals surface area (Å²) in [5.41, 5.74) is 1.62. The van der Waals surface area contributed by atoms with Gasteiger partial charge in [0.2, 0.25) is 5.95 Å². The van der Waals surface area contributed by atoms with E-state index >= 15 is 0 Å².